The van der Waals surface area contributed by atoms with E-state index in [1.165, 1.54) is 47.2 Å². The minimum atomic E-state index is 0.677. The number of benzene rings is 1. The molecule has 2 N–H and O–H groups in total. The van der Waals surface area contributed by atoms with Gasteiger partial charge in [-0.25, -0.2) is 0 Å². The average molecular weight is 246 g/mol. The number of aryl methyl sites for hydroxylation is 2. The van der Waals surface area contributed by atoms with Gasteiger partial charge in [0.1, 0.15) is 0 Å². The van der Waals surface area contributed by atoms with E-state index in [0.717, 1.165) is 13.1 Å². The lowest BCUT2D eigenvalue weighted by atomic mass is 9.94. The van der Waals surface area contributed by atoms with Gasteiger partial charge in [0.2, 0.25) is 0 Å². The van der Waals surface area contributed by atoms with Crippen LogP contribution in [-0.2, 0) is 6.54 Å². The summed E-state index contributed by atoms with van der Waals surface area (Å²) < 4.78 is 0. The molecule has 0 saturated carbocycles. The molecule has 1 aliphatic heterocycles. The molecule has 2 rings (SSSR count). The van der Waals surface area contributed by atoms with Gasteiger partial charge < -0.3 is 10.6 Å². The van der Waals surface area contributed by atoms with Crippen LogP contribution in [0.4, 0.5) is 0 Å². The topological polar surface area (TPSA) is 24.1 Å². The lowest BCUT2D eigenvalue weighted by Gasteiger charge is -2.17. The van der Waals surface area contributed by atoms with Gasteiger partial charge >= 0.3 is 0 Å². The Morgan fingerprint density at radius 3 is 2.39 bits per heavy atom. The Labute approximate surface area is 111 Å². The van der Waals surface area contributed by atoms with Gasteiger partial charge in [-0.1, -0.05) is 6.07 Å². The van der Waals surface area contributed by atoms with Crippen LogP contribution in [0.5, 0.6) is 0 Å². The molecule has 100 valence electrons. The maximum atomic E-state index is 3.62. The third kappa shape index (κ3) is 2.93. The molecular formula is C16H26N2. The Bertz CT molecular complexity index is 391. The van der Waals surface area contributed by atoms with Crippen molar-refractivity contribution in [2.24, 2.45) is 0 Å². The average Bonchev–Trinajstić information content (AvgIpc) is 2.84. The van der Waals surface area contributed by atoms with Crippen LogP contribution < -0.4 is 10.6 Å². The highest BCUT2D eigenvalue weighted by molar-refractivity contribution is 5.43. The summed E-state index contributed by atoms with van der Waals surface area (Å²) in [6.07, 6.45) is 2.64. The molecule has 0 radical (unpaired) electrons. The van der Waals surface area contributed by atoms with Crippen molar-refractivity contribution >= 4 is 0 Å². The predicted octanol–water partition coefficient (Wildman–Crippen LogP) is 2.76. The maximum Gasteiger partial charge on any atom is 0.0211 e. The zero-order valence-electron chi connectivity index (χ0n) is 12.2. The van der Waals surface area contributed by atoms with Gasteiger partial charge in [-0.15, -0.1) is 0 Å². The molecule has 0 aromatic heterocycles. The van der Waals surface area contributed by atoms with E-state index in [9.17, 15) is 0 Å². The second-order valence-electron chi connectivity index (χ2n) is 5.66. The number of hydrogen-bond donors (Lipinski definition) is 2. The first kappa shape index (κ1) is 13.6. The minimum absolute atomic E-state index is 0.677. The molecule has 1 unspecified atom stereocenters. The van der Waals surface area contributed by atoms with E-state index in [1.807, 2.05) is 0 Å². The molecule has 1 aliphatic rings. The highest BCUT2D eigenvalue weighted by Gasteiger charge is 2.14. The zero-order valence-corrected chi connectivity index (χ0v) is 12.2. The van der Waals surface area contributed by atoms with Crippen molar-refractivity contribution in [2.75, 3.05) is 13.1 Å². The summed E-state index contributed by atoms with van der Waals surface area (Å²) in [6.45, 7) is 12.2. The quantitative estimate of drug-likeness (QED) is 0.853. The third-order valence-electron chi connectivity index (χ3n) is 4.38. The van der Waals surface area contributed by atoms with Gasteiger partial charge in [-0.3, -0.25) is 0 Å². The van der Waals surface area contributed by atoms with Crippen LogP contribution in [0.25, 0.3) is 0 Å². The van der Waals surface area contributed by atoms with E-state index in [0.29, 0.717) is 6.04 Å². The van der Waals surface area contributed by atoms with E-state index in [1.54, 1.807) is 0 Å². The second kappa shape index (κ2) is 5.85. The molecule has 1 fully saturated rings. The van der Waals surface area contributed by atoms with Crippen molar-refractivity contribution in [2.45, 2.75) is 53.1 Å². The molecule has 1 heterocycles. The minimum Gasteiger partial charge on any atom is -0.313 e. The fourth-order valence-corrected chi connectivity index (χ4v) is 2.87. The largest absolute Gasteiger partial charge is 0.313 e. The van der Waals surface area contributed by atoms with E-state index in [-0.39, 0.29) is 0 Å². The van der Waals surface area contributed by atoms with Crippen LogP contribution in [0.3, 0.4) is 0 Å². The fraction of sp³-hybridized carbons (Fsp3) is 0.625. The first-order valence-corrected chi connectivity index (χ1v) is 7.10. The lowest BCUT2D eigenvalue weighted by molar-refractivity contribution is 0.534. The molecule has 0 bridgehead atoms. The third-order valence-corrected chi connectivity index (χ3v) is 4.38. The molecule has 18 heavy (non-hydrogen) atoms. The Balaban J connectivity index is 1.99. The standard InChI is InChI=1S/C16H26N2/c1-11-8-12(2)14(4)16(13(11)3)10-17-9-15-6-5-7-18-15/h8,15,17-18H,5-7,9-10H2,1-4H3. The molecule has 1 aromatic rings. The molecule has 1 aromatic carbocycles. The first-order valence-electron chi connectivity index (χ1n) is 7.10. The van der Waals surface area contributed by atoms with Crippen molar-refractivity contribution in [1.29, 1.82) is 0 Å². The van der Waals surface area contributed by atoms with Crippen LogP contribution in [-0.4, -0.2) is 19.1 Å². The number of hydrogen-bond acceptors (Lipinski definition) is 2. The van der Waals surface area contributed by atoms with Crippen molar-refractivity contribution in [1.82, 2.24) is 10.6 Å². The van der Waals surface area contributed by atoms with Crippen LogP contribution in [0.15, 0.2) is 6.07 Å². The second-order valence-corrected chi connectivity index (χ2v) is 5.66. The highest BCUT2D eigenvalue weighted by atomic mass is 15.0. The van der Waals surface area contributed by atoms with Gasteiger partial charge in [0.25, 0.3) is 0 Å². The molecule has 0 aliphatic carbocycles. The van der Waals surface area contributed by atoms with Crippen molar-refractivity contribution in [3.63, 3.8) is 0 Å². The summed E-state index contributed by atoms with van der Waals surface area (Å²) >= 11 is 0. The number of nitrogens with one attached hydrogen (secondary N) is 2. The zero-order chi connectivity index (χ0) is 13.1. The van der Waals surface area contributed by atoms with Crippen molar-refractivity contribution in [3.05, 3.63) is 33.9 Å². The Kier molecular flexibility index (Phi) is 4.41. The number of rotatable bonds is 4. The van der Waals surface area contributed by atoms with Crippen molar-refractivity contribution < 1.29 is 0 Å². The summed E-state index contributed by atoms with van der Waals surface area (Å²) in [5.74, 6) is 0. The summed E-state index contributed by atoms with van der Waals surface area (Å²) in [7, 11) is 0. The van der Waals surface area contributed by atoms with Crippen LogP contribution >= 0.6 is 0 Å². The molecule has 0 spiro atoms. The predicted molar refractivity (Wildman–Crippen MR) is 78.1 cm³/mol. The summed E-state index contributed by atoms with van der Waals surface area (Å²) in [6, 6.07) is 2.98. The Morgan fingerprint density at radius 2 is 1.83 bits per heavy atom. The molecule has 2 heteroatoms. The van der Waals surface area contributed by atoms with Gasteiger partial charge in [0.05, 0.1) is 0 Å². The van der Waals surface area contributed by atoms with E-state index in [2.05, 4.69) is 44.4 Å². The SMILES string of the molecule is Cc1cc(C)c(C)c(CNCC2CCCN2)c1C. The van der Waals surface area contributed by atoms with Gasteiger partial charge in [-0.05, 0) is 74.9 Å². The normalized spacial score (nSPS) is 19.4. The van der Waals surface area contributed by atoms with E-state index < -0.39 is 0 Å². The highest BCUT2D eigenvalue weighted by Crippen LogP contribution is 2.21. The summed E-state index contributed by atoms with van der Waals surface area (Å²) in [5.41, 5.74) is 7.21. The Hall–Kier alpha value is -0.860. The maximum absolute atomic E-state index is 3.62. The van der Waals surface area contributed by atoms with Gasteiger partial charge in [0.15, 0.2) is 0 Å². The van der Waals surface area contributed by atoms with Crippen molar-refractivity contribution in [3.8, 4) is 0 Å². The molecule has 1 atom stereocenters. The smallest absolute Gasteiger partial charge is 0.0211 e. The molecule has 0 amide bonds. The van der Waals surface area contributed by atoms with E-state index >= 15 is 0 Å². The van der Waals surface area contributed by atoms with E-state index in [4.69, 9.17) is 0 Å². The summed E-state index contributed by atoms with van der Waals surface area (Å²) in [5, 5.41) is 7.15. The molecule has 1 saturated heterocycles. The monoisotopic (exact) mass is 246 g/mol. The van der Waals surface area contributed by atoms with Crippen LogP contribution in [0.1, 0.15) is 40.7 Å². The molecular weight excluding hydrogens is 220 g/mol. The van der Waals surface area contributed by atoms with Gasteiger partial charge in [-0.2, -0.15) is 0 Å². The fourth-order valence-electron chi connectivity index (χ4n) is 2.87. The summed E-state index contributed by atoms with van der Waals surface area (Å²) in [4.78, 5) is 0. The van der Waals surface area contributed by atoms with Crippen LogP contribution in [0, 0.1) is 27.7 Å². The molecule has 2 nitrogen and oxygen atoms in total. The van der Waals surface area contributed by atoms with Crippen LogP contribution in [0.2, 0.25) is 0 Å². The Morgan fingerprint density at radius 1 is 1.17 bits per heavy atom. The lowest BCUT2D eigenvalue weighted by Crippen LogP contribution is -2.33. The van der Waals surface area contributed by atoms with Gasteiger partial charge in [0, 0.05) is 19.1 Å². The first-order chi connectivity index (χ1) is 8.59.